The van der Waals surface area contributed by atoms with Gasteiger partial charge in [0.05, 0.1) is 4.92 Å². The van der Waals surface area contributed by atoms with Gasteiger partial charge in [-0.15, -0.1) is 0 Å². The SMILES string of the molecule is CCSCc1ccc(Cl)c([N+](=O)[O-])c1. The van der Waals surface area contributed by atoms with E-state index in [1.165, 1.54) is 6.07 Å². The van der Waals surface area contributed by atoms with E-state index in [1.54, 1.807) is 17.8 Å². The summed E-state index contributed by atoms with van der Waals surface area (Å²) >= 11 is 7.40. The molecule has 1 aromatic carbocycles. The molecular weight excluding hydrogens is 222 g/mol. The molecule has 0 saturated heterocycles. The van der Waals surface area contributed by atoms with Crippen molar-refractivity contribution < 1.29 is 4.92 Å². The van der Waals surface area contributed by atoms with Gasteiger partial charge in [0, 0.05) is 11.8 Å². The zero-order valence-electron chi connectivity index (χ0n) is 7.70. The van der Waals surface area contributed by atoms with Crippen LogP contribution in [0.2, 0.25) is 5.02 Å². The summed E-state index contributed by atoms with van der Waals surface area (Å²) in [6, 6.07) is 4.92. The standard InChI is InChI=1S/C9H10ClNO2S/c1-2-14-6-7-3-4-8(10)9(5-7)11(12)13/h3-5H,2,6H2,1H3. The molecule has 0 aromatic heterocycles. The molecule has 76 valence electrons. The largest absolute Gasteiger partial charge is 0.288 e. The fraction of sp³-hybridized carbons (Fsp3) is 0.333. The third kappa shape index (κ3) is 2.89. The molecule has 0 heterocycles. The van der Waals surface area contributed by atoms with E-state index >= 15 is 0 Å². The van der Waals surface area contributed by atoms with Gasteiger partial charge in [-0.2, -0.15) is 11.8 Å². The molecule has 1 rings (SSSR count). The Morgan fingerprint density at radius 1 is 1.57 bits per heavy atom. The maximum Gasteiger partial charge on any atom is 0.288 e. The number of nitrogens with zero attached hydrogens (tertiary/aromatic N) is 1. The summed E-state index contributed by atoms with van der Waals surface area (Å²) in [5.74, 6) is 1.78. The number of halogens is 1. The number of rotatable bonds is 4. The summed E-state index contributed by atoms with van der Waals surface area (Å²) in [4.78, 5) is 10.1. The molecule has 0 spiro atoms. The average molecular weight is 232 g/mol. The van der Waals surface area contributed by atoms with Gasteiger partial charge in [0.2, 0.25) is 0 Å². The molecular formula is C9H10ClNO2S. The number of nitro groups is 1. The lowest BCUT2D eigenvalue weighted by Crippen LogP contribution is -1.91. The summed E-state index contributed by atoms with van der Waals surface area (Å²) in [6.45, 7) is 2.05. The maximum atomic E-state index is 10.6. The molecule has 3 nitrogen and oxygen atoms in total. The normalized spacial score (nSPS) is 10.1. The smallest absolute Gasteiger partial charge is 0.258 e. The molecule has 0 aliphatic heterocycles. The van der Waals surface area contributed by atoms with Gasteiger partial charge in [-0.3, -0.25) is 10.1 Å². The molecule has 0 N–H and O–H groups in total. The van der Waals surface area contributed by atoms with Crippen LogP contribution >= 0.6 is 23.4 Å². The predicted molar refractivity (Wildman–Crippen MR) is 59.9 cm³/mol. The molecule has 0 fully saturated rings. The number of hydrogen-bond acceptors (Lipinski definition) is 3. The van der Waals surface area contributed by atoms with E-state index < -0.39 is 4.92 Å². The summed E-state index contributed by atoms with van der Waals surface area (Å²) in [5, 5.41) is 10.8. The van der Waals surface area contributed by atoms with Gasteiger partial charge in [0.25, 0.3) is 5.69 Å². The Morgan fingerprint density at radius 3 is 2.86 bits per heavy atom. The van der Waals surface area contributed by atoms with Crippen molar-refractivity contribution in [3.63, 3.8) is 0 Å². The molecule has 0 saturated carbocycles. The van der Waals surface area contributed by atoms with Crippen LogP contribution in [0.1, 0.15) is 12.5 Å². The lowest BCUT2D eigenvalue weighted by molar-refractivity contribution is -0.384. The minimum absolute atomic E-state index is 0.0131. The highest BCUT2D eigenvalue weighted by Gasteiger charge is 2.12. The van der Waals surface area contributed by atoms with Crippen molar-refractivity contribution in [1.29, 1.82) is 0 Å². The van der Waals surface area contributed by atoms with Gasteiger partial charge in [-0.25, -0.2) is 0 Å². The quantitative estimate of drug-likeness (QED) is 0.588. The van der Waals surface area contributed by atoms with Gasteiger partial charge in [-0.1, -0.05) is 24.6 Å². The van der Waals surface area contributed by atoms with Crippen molar-refractivity contribution in [2.24, 2.45) is 0 Å². The van der Waals surface area contributed by atoms with Crippen LogP contribution < -0.4 is 0 Å². The molecule has 5 heteroatoms. The zero-order chi connectivity index (χ0) is 10.6. The van der Waals surface area contributed by atoms with Crippen molar-refractivity contribution in [2.45, 2.75) is 12.7 Å². The van der Waals surface area contributed by atoms with E-state index in [9.17, 15) is 10.1 Å². The lowest BCUT2D eigenvalue weighted by Gasteiger charge is -2.00. The van der Waals surface area contributed by atoms with Gasteiger partial charge in [0.15, 0.2) is 0 Å². The topological polar surface area (TPSA) is 43.1 Å². The van der Waals surface area contributed by atoms with E-state index in [2.05, 4.69) is 6.92 Å². The second kappa shape index (κ2) is 5.22. The fourth-order valence-corrected chi connectivity index (χ4v) is 1.81. The van der Waals surface area contributed by atoms with E-state index in [0.717, 1.165) is 17.1 Å². The molecule has 0 amide bonds. The Labute approximate surface area is 91.6 Å². The van der Waals surface area contributed by atoms with Crippen molar-refractivity contribution in [3.8, 4) is 0 Å². The second-order valence-corrected chi connectivity index (χ2v) is 4.36. The van der Waals surface area contributed by atoms with Crippen LogP contribution in [0, 0.1) is 10.1 Å². The molecule has 14 heavy (non-hydrogen) atoms. The molecule has 0 unspecified atom stereocenters. The van der Waals surface area contributed by atoms with E-state index in [-0.39, 0.29) is 10.7 Å². The van der Waals surface area contributed by atoms with E-state index in [0.29, 0.717) is 0 Å². The monoisotopic (exact) mass is 231 g/mol. The first-order chi connectivity index (χ1) is 6.65. The van der Waals surface area contributed by atoms with Crippen LogP contribution in [0.4, 0.5) is 5.69 Å². The fourth-order valence-electron chi connectivity index (χ4n) is 1.01. The van der Waals surface area contributed by atoms with Gasteiger partial charge in [0.1, 0.15) is 5.02 Å². The third-order valence-electron chi connectivity index (χ3n) is 1.68. The third-order valence-corrected chi connectivity index (χ3v) is 2.95. The van der Waals surface area contributed by atoms with Crippen LogP contribution in [-0.2, 0) is 5.75 Å². The number of benzene rings is 1. The van der Waals surface area contributed by atoms with Crippen molar-refractivity contribution in [2.75, 3.05) is 5.75 Å². The van der Waals surface area contributed by atoms with E-state index in [4.69, 9.17) is 11.6 Å². The first-order valence-corrected chi connectivity index (χ1v) is 5.69. The molecule has 1 aromatic rings. The highest BCUT2D eigenvalue weighted by molar-refractivity contribution is 7.98. The Bertz CT molecular complexity index is 344. The highest BCUT2D eigenvalue weighted by atomic mass is 35.5. The second-order valence-electron chi connectivity index (χ2n) is 2.68. The summed E-state index contributed by atoms with van der Waals surface area (Å²) in [7, 11) is 0. The predicted octanol–water partition coefficient (Wildman–Crippen LogP) is 3.50. The Kier molecular flexibility index (Phi) is 4.22. The zero-order valence-corrected chi connectivity index (χ0v) is 9.27. The van der Waals surface area contributed by atoms with Crippen molar-refractivity contribution >= 4 is 29.1 Å². The van der Waals surface area contributed by atoms with Gasteiger partial charge < -0.3 is 0 Å². The summed E-state index contributed by atoms with van der Waals surface area (Å²) < 4.78 is 0. The number of hydrogen-bond donors (Lipinski definition) is 0. The van der Waals surface area contributed by atoms with Crippen molar-refractivity contribution in [1.82, 2.24) is 0 Å². The van der Waals surface area contributed by atoms with Crippen LogP contribution in [-0.4, -0.2) is 10.7 Å². The summed E-state index contributed by atoms with van der Waals surface area (Å²) in [6.07, 6.45) is 0. The summed E-state index contributed by atoms with van der Waals surface area (Å²) in [5.41, 5.74) is 0.925. The first kappa shape index (κ1) is 11.3. The number of thioether (sulfide) groups is 1. The molecule has 0 bridgehead atoms. The average Bonchev–Trinajstić information content (AvgIpc) is 2.16. The molecule has 0 aliphatic rings. The minimum Gasteiger partial charge on any atom is -0.258 e. The highest BCUT2D eigenvalue weighted by Crippen LogP contribution is 2.26. The first-order valence-electron chi connectivity index (χ1n) is 4.15. The van der Waals surface area contributed by atoms with Crippen molar-refractivity contribution in [3.05, 3.63) is 38.9 Å². The van der Waals surface area contributed by atoms with Crippen LogP contribution in [0.3, 0.4) is 0 Å². The Hall–Kier alpha value is -0.740. The van der Waals surface area contributed by atoms with Gasteiger partial charge in [-0.05, 0) is 17.4 Å². The molecule has 0 radical (unpaired) electrons. The Morgan fingerprint density at radius 2 is 2.29 bits per heavy atom. The lowest BCUT2D eigenvalue weighted by atomic mass is 10.2. The number of nitro benzene ring substituents is 1. The van der Waals surface area contributed by atoms with Gasteiger partial charge >= 0.3 is 0 Å². The van der Waals surface area contributed by atoms with Crippen LogP contribution in [0.5, 0.6) is 0 Å². The van der Waals surface area contributed by atoms with Crippen LogP contribution in [0.15, 0.2) is 18.2 Å². The molecule has 0 aliphatic carbocycles. The maximum absolute atomic E-state index is 10.6. The minimum atomic E-state index is -0.456. The van der Waals surface area contributed by atoms with E-state index in [1.807, 2.05) is 6.07 Å². The molecule has 0 atom stereocenters. The van der Waals surface area contributed by atoms with Crippen LogP contribution in [0.25, 0.3) is 0 Å². The Balaban J connectivity index is 2.89.